The van der Waals surface area contributed by atoms with Crippen molar-refractivity contribution in [1.82, 2.24) is 34.9 Å². The Morgan fingerprint density at radius 2 is 2.12 bits per heavy atom. The van der Waals surface area contributed by atoms with Crippen LogP contribution in [0.5, 0.6) is 5.88 Å². The first kappa shape index (κ1) is 16.6. The van der Waals surface area contributed by atoms with E-state index < -0.39 is 0 Å². The van der Waals surface area contributed by atoms with Crippen molar-refractivity contribution in [3.63, 3.8) is 0 Å². The molecule has 4 aromatic heterocycles. The molecule has 0 aliphatic rings. The molecular formula is C16H16ClN7O2. The number of pyridine rings is 1. The molecule has 4 rings (SSSR count). The highest BCUT2D eigenvalue weighted by atomic mass is 35.5. The third-order valence-corrected chi connectivity index (χ3v) is 4.37. The number of nitrogens with zero attached hydrogens (tertiary/aromatic N) is 5. The van der Waals surface area contributed by atoms with Gasteiger partial charge in [-0.2, -0.15) is 10.2 Å². The van der Waals surface area contributed by atoms with Gasteiger partial charge >= 0.3 is 0 Å². The second kappa shape index (κ2) is 6.43. The zero-order chi connectivity index (χ0) is 18.3. The van der Waals surface area contributed by atoms with Crippen molar-refractivity contribution in [3.05, 3.63) is 29.3 Å². The van der Waals surface area contributed by atoms with Crippen LogP contribution < -0.4 is 4.74 Å². The summed E-state index contributed by atoms with van der Waals surface area (Å²) in [6.45, 7) is 0.343. The van der Waals surface area contributed by atoms with Gasteiger partial charge in [0.2, 0.25) is 5.88 Å². The number of aryl methyl sites for hydroxylation is 1. The lowest BCUT2D eigenvalue weighted by molar-refractivity contribution is 0.178. The molecule has 26 heavy (non-hydrogen) atoms. The molecule has 0 spiro atoms. The number of aromatic nitrogens is 7. The molecule has 0 aliphatic heterocycles. The Morgan fingerprint density at radius 3 is 2.81 bits per heavy atom. The summed E-state index contributed by atoms with van der Waals surface area (Å²) < 4.78 is 12.4. The van der Waals surface area contributed by atoms with Crippen LogP contribution in [-0.2, 0) is 18.4 Å². The molecule has 0 atom stereocenters. The third kappa shape index (κ3) is 2.52. The van der Waals surface area contributed by atoms with Crippen molar-refractivity contribution < 1.29 is 9.47 Å². The number of methoxy groups -OCH3 is 2. The molecule has 2 N–H and O–H groups in total. The van der Waals surface area contributed by atoms with Gasteiger partial charge in [-0.15, -0.1) is 0 Å². The first-order valence-electron chi connectivity index (χ1n) is 7.76. The summed E-state index contributed by atoms with van der Waals surface area (Å²) in [7, 11) is 5.06. The molecule has 4 aromatic rings. The molecule has 9 nitrogen and oxygen atoms in total. The predicted molar refractivity (Wildman–Crippen MR) is 95.9 cm³/mol. The average molecular weight is 374 g/mol. The molecule has 0 aliphatic carbocycles. The number of hydrogen-bond donors (Lipinski definition) is 2. The first-order chi connectivity index (χ1) is 12.6. The summed E-state index contributed by atoms with van der Waals surface area (Å²) in [5.74, 6) is 1.52. The summed E-state index contributed by atoms with van der Waals surface area (Å²) in [5.41, 5.74) is 4.05. The number of rotatable bonds is 5. The minimum atomic E-state index is 0.343. The minimum absolute atomic E-state index is 0.343. The molecule has 0 saturated heterocycles. The van der Waals surface area contributed by atoms with Crippen LogP contribution in [0.4, 0.5) is 0 Å². The van der Waals surface area contributed by atoms with Gasteiger partial charge in [0, 0.05) is 31.5 Å². The van der Waals surface area contributed by atoms with E-state index in [-0.39, 0.29) is 0 Å². The summed E-state index contributed by atoms with van der Waals surface area (Å²) in [4.78, 5) is 9.12. The molecule has 0 unspecified atom stereocenters. The Kier molecular flexibility index (Phi) is 4.09. The van der Waals surface area contributed by atoms with Gasteiger partial charge in [0.25, 0.3) is 0 Å². The number of hydrogen-bond acceptors (Lipinski definition) is 6. The van der Waals surface area contributed by atoms with Crippen molar-refractivity contribution >= 4 is 22.6 Å². The fourth-order valence-corrected chi connectivity index (χ4v) is 3.19. The molecule has 0 saturated carbocycles. The summed E-state index contributed by atoms with van der Waals surface area (Å²) in [6.07, 6.45) is 3.52. The van der Waals surface area contributed by atoms with Gasteiger partial charge in [0.05, 0.1) is 24.5 Å². The van der Waals surface area contributed by atoms with Crippen LogP contribution in [-0.4, -0.2) is 49.1 Å². The number of H-pyrrole nitrogens is 2. The number of nitrogens with one attached hydrogen (secondary N) is 2. The van der Waals surface area contributed by atoms with Crippen LogP contribution in [0.25, 0.3) is 33.7 Å². The van der Waals surface area contributed by atoms with Crippen molar-refractivity contribution in [2.24, 2.45) is 7.05 Å². The Labute approximate surface area is 153 Å². The minimum Gasteiger partial charge on any atom is -0.480 e. The van der Waals surface area contributed by atoms with E-state index in [0.717, 1.165) is 27.9 Å². The SMILES string of the molecule is COCc1nc(-c2c(-c3cn[nH]c3)c3nc(OC)c(Cl)cc3n2C)n[nH]1. The zero-order valence-electron chi connectivity index (χ0n) is 14.4. The van der Waals surface area contributed by atoms with E-state index in [4.69, 9.17) is 21.1 Å². The normalized spacial score (nSPS) is 11.4. The average Bonchev–Trinajstić information content (AvgIpc) is 3.35. The van der Waals surface area contributed by atoms with Crippen LogP contribution in [0.15, 0.2) is 18.5 Å². The quantitative estimate of drug-likeness (QED) is 0.556. The molecule has 0 aromatic carbocycles. The maximum Gasteiger partial charge on any atom is 0.233 e. The fraction of sp³-hybridized carbons (Fsp3) is 0.250. The van der Waals surface area contributed by atoms with Gasteiger partial charge in [0.15, 0.2) is 11.6 Å². The largest absolute Gasteiger partial charge is 0.480 e. The molecule has 0 bridgehead atoms. The molecule has 134 valence electrons. The molecule has 0 amide bonds. The fourth-order valence-electron chi connectivity index (χ4n) is 2.97. The maximum absolute atomic E-state index is 6.28. The number of fused-ring (bicyclic) bond motifs is 1. The van der Waals surface area contributed by atoms with Gasteiger partial charge in [-0.1, -0.05) is 11.6 Å². The predicted octanol–water partition coefficient (Wildman–Crippen LogP) is 2.56. The van der Waals surface area contributed by atoms with E-state index in [1.165, 1.54) is 7.11 Å². The van der Waals surface area contributed by atoms with Gasteiger partial charge in [-0.3, -0.25) is 10.2 Å². The lowest BCUT2D eigenvalue weighted by atomic mass is 10.1. The van der Waals surface area contributed by atoms with E-state index in [0.29, 0.717) is 29.2 Å². The van der Waals surface area contributed by atoms with Crippen molar-refractivity contribution in [3.8, 4) is 28.5 Å². The highest BCUT2D eigenvalue weighted by Gasteiger charge is 2.24. The van der Waals surface area contributed by atoms with Crippen LogP contribution in [0.2, 0.25) is 5.02 Å². The zero-order valence-corrected chi connectivity index (χ0v) is 15.1. The second-order valence-electron chi connectivity index (χ2n) is 5.66. The lowest BCUT2D eigenvalue weighted by Gasteiger charge is -2.03. The monoisotopic (exact) mass is 373 g/mol. The van der Waals surface area contributed by atoms with Crippen molar-refractivity contribution in [2.75, 3.05) is 14.2 Å². The van der Waals surface area contributed by atoms with Crippen molar-refractivity contribution in [2.45, 2.75) is 6.61 Å². The summed E-state index contributed by atoms with van der Waals surface area (Å²) in [5, 5.41) is 14.5. The molecule has 10 heteroatoms. The van der Waals surface area contributed by atoms with E-state index in [2.05, 4.69) is 30.4 Å². The summed E-state index contributed by atoms with van der Waals surface area (Å²) >= 11 is 6.28. The van der Waals surface area contributed by atoms with E-state index in [1.807, 2.05) is 17.7 Å². The van der Waals surface area contributed by atoms with Gasteiger partial charge in [0.1, 0.15) is 17.1 Å². The third-order valence-electron chi connectivity index (χ3n) is 4.10. The first-order valence-corrected chi connectivity index (χ1v) is 8.14. The second-order valence-corrected chi connectivity index (χ2v) is 6.06. The summed E-state index contributed by atoms with van der Waals surface area (Å²) in [6, 6.07) is 1.82. The van der Waals surface area contributed by atoms with E-state index in [9.17, 15) is 0 Å². The standard InChI is InChI=1S/C16H16ClN7O2/c1-24-10-4-9(17)16(26-3)21-13(10)12(8-5-18-19-6-8)14(24)15-20-11(7-25-2)22-23-15/h4-6H,7H2,1-3H3,(H,18,19)(H,20,22,23). The van der Waals surface area contributed by atoms with Crippen LogP contribution in [0.1, 0.15) is 5.82 Å². The Hall–Kier alpha value is -2.91. The molecular weight excluding hydrogens is 358 g/mol. The molecule has 0 radical (unpaired) electrons. The van der Waals surface area contributed by atoms with Crippen molar-refractivity contribution in [1.29, 1.82) is 0 Å². The van der Waals surface area contributed by atoms with E-state index in [1.54, 1.807) is 19.5 Å². The number of ether oxygens (including phenoxy) is 2. The molecule has 4 heterocycles. The smallest absolute Gasteiger partial charge is 0.233 e. The van der Waals surface area contributed by atoms with Crippen LogP contribution >= 0.6 is 11.6 Å². The topological polar surface area (TPSA) is 107 Å². The van der Waals surface area contributed by atoms with Crippen LogP contribution in [0.3, 0.4) is 0 Å². The van der Waals surface area contributed by atoms with E-state index >= 15 is 0 Å². The van der Waals surface area contributed by atoms with Gasteiger partial charge in [-0.05, 0) is 6.07 Å². The maximum atomic E-state index is 6.28. The lowest BCUT2D eigenvalue weighted by Crippen LogP contribution is -1.95. The highest BCUT2D eigenvalue weighted by molar-refractivity contribution is 6.32. The Morgan fingerprint density at radius 1 is 1.27 bits per heavy atom. The molecule has 0 fully saturated rings. The number of aromatic amines is 2. The Bertz CT molecular complexity index is 1070. The number of halogens is 1. The Balaban J connectivity index is 2.04. The van der Waals surface area contributed by atoms with Gasteiger partial charge < -0.3 is 14.0 Å². The van der Waals surface area contributed by atoms with Gasteiger partial charge in [-0.25, -0.2) is 9.97 Å². The highest BCUT2D eigenvalue weighted by Crippen LogP contribution is 2.40. The van der Waals surface area contributed by atoms with Crippen LogP contribution in [0, 0.1) is 0 Å².